The van der Waals surface area contributed by atoms with Crippen molar-refractivity contribution < 1.29 is 4.79 Å². The van der Waals surface area contributed by atoms with E-state index in [1.54, 1.807) is 23.4 Å². The SMILES string of the molecule is CCc1cc(C2CC2)cn2cc(Cn3cc(C(=O)NCc4ncn5ccc(Br)c(C)c45)cn3)nc12. The molecule has 5 heterocycles. The van der Waals surface area contributed by atoms with Gasteiger partial charge >= 0.3 is 0 Å². The van der Waals surface area contributed by atoms with Crippen LogP contribution in [0.1, 0.15) is 64.1 Å². The van der Waals surface area contributed by atoms with Gasteiger partial charge in [-0.3, -0.25) is 9.48 Å². The number of halogens is 1. The zero-order valence-corrected chi connectivity index (χ0v) is 21.3. The molecule has 1 saturated carbocycles. The van der Waals surface area contributed by atoms with Crippen molar-refractivity contribution >= 4 is 33.0 Å². The largest absolute Gasteiger partial charge is 0.346 e. The number of carbonyl (C=O) groups excluding carboxylic acids is 1. The Labute approximate surface area is 211 Å². The lowest BCUT2D eigenvalue weighted by Crippen LogP contribution is -2.22. The van der Waals surface area contributed by atoms with Crippen molar-refractivity contribution in [2.45, 2.75) is 52.1 Å². The monoisotopic (exact) mass is 531 g/mol. The minimum Gasteiger partial charge on any atom is -0.346 e. The van der Waals surface area contributed by atoms with Crippen molar-refractivity contribution in [3.63, 3.8) is 0 Å². The first-order chi connectivity index (χ1) is 17.0. The Morgan fingerprint density at radius 2 is 2.09 bits per heavy atom. The Bertz CT molecular complexity index is 1570. The van der Waals surface area contributed by atoms with E-state index < -0.39 is 0 Å². The van der Waals surface area contributed by atoms with Crippen LogP contribution < -0.4 is 5.32 Å². The fourth-order valence-electron chi connectivity index (χ4n) is 4.66. The quantitative estimate of drug-likeness (QED) is 0.331. The second-order valence-electron chi connectivity index (χ2n) is 9.23. The summed E-state index contributed by atoms with van der Waals surface area (Å²) in [7, 11) is 0. The molecule has 1 fully saturated rings. The number of carbonyl (C=O) groups is 1. The van der Waals surface area contributed by atoms with E-state index in [-0.39, 0.29) is 5.91 Å². The first-order valence-electron chi connectivity index (χ1n) is 11.9. The lowest BCUT2D eigenvalue weighted by Gasteiger charge is -2.05. The zero-order valence-electron chi connectivity index (χ0n) is 19.7. The van der Waals surface area contributed by atoms with Gasteiger partial charge in [-0.25, -0.2) is 9.97 Å². The summed E-state index contributed by atoms with van der Waals surface area (Å²) in [6.07, 6.45) is 14.9. The van der Waals surface area contributed by atoms with Gasteiger partial charge in [0, 0.05) is 29.3 Å². The Kier molecular flexibility index (Phi) is 5.44. The minimum atomic E-state index is -0.178. The fraction of sp³-hybridized carbons (Fsp3) is 0.308. The van der Waals surface area contributed by atoms with E-state index >= 15 is 0 Å². The van der Waals surface area contributed by atoms with Crippen LogP contribution in [0.4, 0.5) is 0 Å². The first-order valence-corrected chi connectivity index (χ1v) is 12.7. The van der Waals surface area contributed by atoms with Gasteiger partial charge in [0.2, 0.25) is 0 Å². The number of nitrogens with zero attached hydrogens (tertiary/aromatic N) is 6. The first kappa shape index (κ1) is 22.0. The molecule has 6 rings (SSSR count). The Morgan fingerprint density at radius 1 is 1.23 bits per heavy atom. The van der Waals surface area contributed by atoms with Crippen LogP contribution in [-0.2, 0) is 19.5 Å². The van der Waals surface area contributed by atoms with Gasteiger partial charge in [-0.2, -0.15) is 5.10 Å². The summed E-state index contributed by atoms with van der Waals surface area (Å²) < 4.78 is 6.89. The fourth-order valence-corrected chi connectivity index (χ4v) is 4.96. The highest BCUT2D eigenvalue weighted by atomic mass is 79.9. The molecule has 1 aliphatic carbocycles. The Morgan fingerprint density at radius 3 is 2.89 bits per heavy atom. The number of imidazole rings is 2. The number of hydrogen-bond acceptors (Lipinski definition) is 4. The van der Waals surface area contributed by atoms with E-state index in [0.29, 0.717) is 24.6 Å². The maximum atomic E-state index is 12.8. The predicted octanol–water partition coefficient (Wildman–Crippen LogP) is 4.67. The van der Waals surface area contributed by atoms with Crippen LogP contribution in [0, 0.1) is 6.92 Å². The van der Waals surface area contributed by atoms with E-state index in [9.17, 15) is 4.79 Å². The van der Waals surface area contributed by atoms with Crippen LogP contribution in [0.2, 0.25) is 0 Å². The summed E-state index contributed by atoms with van der Waals surface area (Å²) in [6, 6.07) is 4.29. The highest BCUT2D eigenvalue weighted by Gasteiger charge is 2.25. The van der Waals surface area contributed by atoms with Crippen LogP contribution in [-0.4, -0.2) is 34.5 Å². The maximum Gasteiger partial charge on any atom is 0.254 e. The standard InChI is InChI=1S/C26H26BrN7O/c1-3-17-8-19(18-4-5-18)11-33-13-21(31-25(17)33)14-34-12-20(9-30-34)26(35)28-10-23-24-16(2)22(27)6-7-32(24)15-29-23/h6-9,11-13,15,18H,3-5,10,14H2,1-2H3,(H,28,35). The van der Waals surface area contributed by atoms with Gasteiger partial charge in [-0.05, 0) is 54.9 Å². The highest BCUT2D eigenvalue weighted by Crippen LogP contribution is 2.40. The van der Waals surface area contributed by atoms with Gasteiger partial charge in [0.25, 0.3) is 5.91 Å². The number of amides is 1. The molecule has 1 aliphatic rings. The Balaban J connectivity index is 1.16. The second kappa shape index (κ2) is 8.64. The number of aromatic nitrogens is 6. The van der Waals surface area contributed by atoms with E-state index in [1.165, 1.54) is 24.0 Å². The van der Waals surface area contributed by atoms with Crippen molar-refractivity contribution in [2.24, 2.45) is 0 Å². The molecule has 0 bridgehead atoms. The lowest BCUT2D eigenvalue weighted by molar-refractivity contribution is 0.0950. The molecule has 0 unspecified atom stereocenters. The third kappa shape index (κ3) is 4.14. The van der Waals surface area contributed by atoms with Crippen molar-refractivity contribution in [1.29, 1.82) is 0 Å². The number of fused-ring (bicyclic) bond motifs is 2. The van der Waals surface area contributed by atoms with Crippen LogP contribution >= 0.6 is 15.9 Å². The van der Waals surface area contributed by atoms with Gasteiger partial charge in [-0.15, -0.1) is 0 Å². The van der Waals surface area contributed by atoms with Crippen molar-refractivity contribution in [3.05, 3.63) is 87.6 Å². The molecule has 0 atom stereocenters. The molecule has 5 aromatic rings. The van der Waals surface area contributed by atoms with E-state index in [2.05, 4.69) is 61.1 Å². The zero-order chi connectivity index (χ0) is 24.1. The molecule has 1 amide bonds. The third-order valence-electron chi connectivity index (χ3n) is 6.73. The van der Waals surface area contributed by atoms with Crippen molar-refractivity contribution in [2.75, 3.05) is 0 Å². The number of nitrogens with one attached hydrogen (secondary N) is 1. The van der Waals surface area contributed by atoms with Crippen LogP contribution in [0.15, 0.2) is 53.9 Å². The smallest absolute Gasteiger partial charge is 0.254 e. The Hall–Kier alpha value is -3.46. The average Bonchev–Trinajstić information content (AvgIpc) is 3.26. The van der Waals surface area contributed by atoms with Gasteiger partial charge in [0.1, 0.15) is 5.65 Å². The molecular weight excluding hydrogens is 506 g/mol. The predicted molar refractivity (Wildman–Crippen MR) is 137 cm³/mol. The molecule has 8 nitrogen and oxygen atoms in total. The summed E-state index contributed by atoms with van der Waals surface area (Å²) in [5, 5.41) is 7.38. The topological polar surface area (TPSA) is 81.5 Å². The highest BCUT2D eigenvalue weighted by molar-refractivity contribution is 9.10. The summed E-state index contributed by atoms with van der Waals surface area (Å²) in [5.74, 6) is 0.524. The average molecular weight is 532 g/mol. The molecular formula is C26H26BrN7O. The summed E-state index contributed by atoms with van der Waals surface area (Å²) in [5.41, 5.74) is 8.04. The van der Waals surface area contributed by atoms with Gasteiger partial charge in [0.05, 0.1) is 48.1 Å². The van der Waals surface area contributed by atoms with Gasteiger partial charge in [-0.1, -0.05) is 28.9 Å². The van der Waals surface area contributed by atoms with E-state index in [1.807, 2.05) is 23.6 Å². The molecule has 0 aromatic carbocycles. The molecule has 9 heteroatoms. The van der Waals surface area contributed by atoms with Gasteiger partial charge < -0.3 is 14.1 Å². The maximum absolute atomic E-state index is 12.8. The number of hydrogen-bond donors (Lipinski definition) is 1. The normalized spacial score (nSPS) is 13.7. The molecule has 0 radical (unpaired) electrons. The third-order valence-corrected chi connectivity index (χ3v) is 7.59. The molecule has 0 aliphatic heterocycles. The molecule has 35 heavy (non-hydrogen) atoms. The van der Waals surface area contributed by atoms with Crippen LogP contribution in [0.5, 0.6) is 0 Å². The molecule has 5 aromatic heterocycles. The van der Waals surface area contributed by atoms with Crippen LogP contribution in [0.25, 0.3) is 11.2 Å². The summed E-state index contributed by atoms with van der Waals surface area (Å²) >= 11 is 3.57. The van der Waals surface area contributed by atoms with E-state index in [4.69, 9.17) is 4.98 Å². The van der Waals surface area contributed by atoms with E-state index in [0.717, 1.165) is 39.0 Å². The molecule has 0 saturated heterocycles. The second-order valence-corrected chi connectivity index (χ2v) is 10.1. The molecule has 1 N–H and O–H groups in total. The number of rotatable bonds is 7. The minimum absolute atomic E-state index is 0.178. The number of aryl methyl sites for hydroxylation is 2. The van der Waals surface area contributed by atoms with Crippen LogP contribution in [0.3, 0.4) is 0 Å². The molecule has 178 valence electrons. The number of pyridine rings is 2. The molecule has 0 spiro atoms. The van der Waals surface area contributed by atoms with Gasteiger partial charge in [0.15, 0.2) is 0 Å². The summed E-state index contributed by atoms with van der Waals surface area (Å²) in [4.78, 5) is 22.1. The van der Waals surface area contributed by atoms with Crippen molar-refractivity contribution in [3.8, 4) is 0 Å². The summed E-state index contributed by atoms with van der Waals surface area (Å²) in [6.45, 7) is 5.06. The lowest BCUT2D eigenvalue weighted by atomic mass is 10.1. The van der Waals surface area contributed by atoms with Crippen molar-refractivity contribution in [1.82, 2.24) is 33.9 Å².